The zero-order chi connectivity index (χ0) is 12.8. The van der Waals surface area contributed by atoms with Crippen molar-refractivity contribution in [3.63, 3.8) is 0 Å². The number of aliphatic carboxylic acids is 1. The number of carbonyl (C=O) groups is 1. The summed E-state index contributed by atoms with van der Waals surface area (Å²) in [4.78, 5) is 12.8. The van der Waals surface area contributed by atoms with Crippen LogP contribution in [0.15, 0.2) is 24.3 Å². The smallest absolute Gasteiger partial charge is 0.323 e. The molecule has 0 aliphatic carbocycles. The number of hydrogen-bond acceptors (Lipinski definition) is 2. The monoisotopic (exact) mass is 255 g/mol. The third-order valence-electron chi connectivity index (χ3n) is 2.70. The van der Waals surface area contributed by atoms with Crippen molar-refractivity contribution < 1.29 is 9.90 Å². The van der Waals surface area contributed by atoms with Crippen molar-refractivity contribution in [3.8, 4) is 0 Å². The van der Waals surface area contributed by atoms with Crippen molar-refractivity contribution in [2.24, 2.45) is 0 Å². The van der Waals surface area contributed by atoms with Gasteiger partial charge in [0.2, 0.25) is 0 Å². The van der Waals surface area contributed by atoms with Crippen molar-refractivity contribution in [2.45, 2.75) is 32.7 Å². The van der Waals surface area contributed by atoms with Crippen molar-refractivity contribution in [3.05, 3.63) is 29.3 Å². The fraction of sp³-hybridized carbons (Fsp3) is 0.462. The molecule has 1 rings (SSSR count). The summed E-state index contributed by atoms with van der Waals surface area (Å²) in [6, 6.07) is 7.49. The van der Waals surface area contributed by atoms with E-state index in [1.165, 1.54) is 0 Å². The van der Waals surface area contributed by atoms with Gasteiger partial charge in [-0.3, -0.25) is 4.79 Å². The number of hydrogen-bond donors (Lipinski definition) is 1. The van der Waals surface area contributed by atoms with E-state index in [1.54, 1.807) is 12.1 Å². The van der Waals surface area contributed by atoms with Gasteiger partial charge in [0.25, 0.3) is 0 Å². The first-order chi connectivity index (χ1) is 8.04. The highest BCUT2D eigenvalue weighted by molar-refractivity contribution is 6.30. The van der Waals surface area contributed by atoms with Crippen LogP contribution in [0.5, 0.6) is 0 Å². The molecule has 1 aromatic carbocycles. The topological polar surface area (TPSA) is 40.5 Å². The predicted molar refractivity (Wildman–Crippen MR) is 70.8 cm³/mol. The van der Waals surface area contributed by atoms with Gasteiger partial charge in [-0.15, -0.1) is 0 Å². The Hall–Kier alpha value is -1.22. The molecule has 0 bridgehead atoms. The number of carboxylic acid groups (broad SMARTS) is 1. The van der Waals surface area contributed by atoms with Crippen molar-refractivity contribution in [1.82, 2.24) is 0 Å². The maximum atomic E-state index is 10.9. The Balaban J connectivity index is 2.88. The Morgan fingerprint density at radius 1 is 1.41 bits per heavy atom. The fourth-order valence-electron chi connectivity index (χ4n) is 1.85. The van der Waals surface area contributed by atoms with Gasteiger partial charge in [-0.2, -0.15) is 0 Å². The van der Waals surface area contributed by atoms with Gasteiger partial charge in [0.15, 0.2) is 0 Å². The molecule has 0 fully saturated rings. The maximum Gasteiger partial charge on any atom is 0.323 e. The highest BCUT2D eigenvalue weighted by atomic mass is 35.5. The van der Waals surface area contributed by atoms with Crippen LogP contribution in [0.1, 0.15) is 26.7 Å². The average molecular weight is 256 g/mol. The van der Waals surface area contributed by atoms with Crippen molar-refractivity contribution in [1.29, 1.82) is 0 Å². The second-order valence-electron chi connectivity index (χ2n) is 4.14. The number of nitrogens with zero attached hydrogens (tertiary/aromatic N) is 1. The molecule has 1 aromatic rings. The van der Waals surface area contributed by atoms with Crippen molar-refractivity contribution in [2.75, 3.05) is 11.4 Å². The lowest BCUT2D eigenvalue weighted by atomic mass is 10.1. The molecular formula is C13H18ClNO2. The second-order valence-corrected chi connectivity index (χ2v) is 4.57. The van der Waals surface area contributed by atoms with E-state index in [4.69, 9.17) is 16.7 Å². The molecule has 0 aromatic heterocycles. The van der Waals surface area contributed by atoms with Crippen LogP contribution in [-0.2, 0) is 4.79 Å². The SMILES string of the molecule is CCCC(C)N(CC(=O)O)c1ccc(Cl)cc1. The van der Waals surface area contributed by atoms with Gasteiger partial charge in [0.05, 0.1) is 0 Å². The predicted octanol–water partition coefficient (Wildman–Crippen LogP) is 3.42. The van der Waals surface area contributed by atoms with Crippen LogP contribution < -0.4 is 4.90 Å². The lowest BCUT2D eigenvalue weighted by Gasteiger charge is -2.29. The minimum absolute atomic E-state index is 0.0167. The van der Waals surface area contributed by atoms with Gasteiger partial charge >= 0.3 is 5.97 Å². The van der Waals surface area contributed by atoms with E-state index in [0.717, 1.165) is 18.5 Å². The molecule has 0 saturated carbocycles. The summed E-state index contributed by atoms with van der Waals surface area (Å²) in [5.41, 5.74) is 0.901. The van der Waals surface area contributed by atoms with Crippen LogP contribution in [0.2, 0.25) is 5.02 Å². The molecular weight excluding hydrogens is 238 g/mol. The standard InChI is InChI=1S/C13H18ClNO2/c1-3-4-10(2)15(9-13(16)17)12-7-5-11(14)6-8-12/h5-8,10H,3-4,9H2,1-2H3,(H,16,17). The van der Waals surface area contributed by atoms with E-state index in [0.29, 0.717) is 5.02 Å². The van der Waals surface area contributed by atoms with E-state index in [9.17, 15) is 4.79 Å². The van der Waals surface area contributed by atoms with Crippen LogP contribution in [0.4, 0.5) is 5.69 Å². The van der Waals surface area contributed by atoms with Gasteiger partial charge in [-0.1, -0.05) is 24.9 Å². The molecule has 17 heavy (non-hydrogen) atoms. The summed E-state index contributed by atoms with van der Waals surface area (Å²) >= 11 is 5.83. The van der Waals surface area contributed by atoms with Crippen molar-refractivity contribution >= 4 is 23.3 Å². The summed E-state index contributed by atoms with van der Waals surface area (Å²) in [5.74, 6) is -0.817. The largest absolute Gasteiger partial charge is 0.480 e. The first-order valence-electron chi connectivity index (χ1n) is 5.78. The minimum atomic E-state index is -0.817. The zero-order valence-corrected chi connectivity index (χ0v) is 10.9. The molecule has 0 saturated heterocycles. The summed E-state index contributed by atoms with van der Waals surface area (Å²) in [6.45, 7) is 4.15. The van der Waals surface area contributed by atoms with Gasteiger partial charge < -0.3 is 10.0 Å². The Labute approximate surface area is 107 Å². The van der Waals surface area contributed by atoms with E-state index in [-0.39, 0.29) is 12.6 Å². The Morgan fingerprint density at radius 3 is 2.47 bits per heavy atom. The van der Waals surface area contributed by atoms with Gasteiger partial charge in [0.1, 0.15) is 6.54 Å². The highest BCUT2D eigenvalue weighted by Crippen LogP contribution is 2.21. The van der Waals surface area contributed by atoms with E-state index >= 15 is 0 Å². The zero-order valence-electron chi connectivity index (χ0n) is 10.2. The van der Waals surface area contributed by atoms with Crippen LogP contribution in [0, 0.1) is 0 Å². The number of halogens is 1. The number of benzene rings is 1. The molecule has 1 N–H and O–H groups in total. The average Bonchev–Trinajstić information content (AvgIpc) is 2.27. The summed E-state index contributed by atoms with van der Waals surface area (Å²) in [5, 5.41) is 9.61. The Kier molecular flexibility index (Phi) is 5.29. The summed E-state index contributed by atoms with van der Waals surface area (Å²) in [7, 11) is 0. The van der Waals surface area contributed by atoms with E-state index < -0.39 is 5.97 Å². The van der Waals surface area contributed by atoms with Crippen LogP contribution in [0.25, 0.3) is 0 Å². The highest BCUT2D eigenvalue weighted by Gasteiger charge is 2.16. The quantitative estimate of drug-likeness (QED) is 0.847. The number of rotatable bonds is 6. The van der Waals surface area contributed by atoms with Gasteiger partial charge in [-0.05, 0) is 37.6 Å². The molecule has 1 atom stereocenters. The van der Waals surface area contributed by atoms with Gasteiger partial charge in [-0.25, -0.2) is 0 Å². The molecule has 1 unspecified atom stereocenters. The van der Waals surface area contributed by atoms with Crippen LogP contribution in [-0.4, -0.2) is 23.7 Å². The normalized spacial score (nSPS) is 12.2. The number of carboxylic acids is 1. The van der Waals surface area contributed by atoms with E-state index in [1.807, 2.05) is 24.0 Å². The fourth-order valence-corrected chi connectivity index (χ4v) is 1.98. The third-order valence-corrected chi connectivity index (χ3v) is 2.95. The van der Waals surface area contributed by atoms with Crippen LogP contribution >= 0.6 is 11.6 Å². The summed E-state index contributed by atoms with van der Waals surface area (Å²) < 4.78 is 0. The second kappa shape index (κ2) is 6.50. The molecule has 3 nitrogen and oxygen atoms in total. The first kappa shape index (κ1) is 13.8. The Morgan fingerprint density at radius 2 is 2.00 bits per heavy atom. The maximum absolute atomic E-state index is 10.9. The molecule has 0 heterocycles. The third kappa shape index (κ3) is 4.27. The molecule has 0 amide bonds. The molecule has 0 aliphatic rings. The lowest BCUT2D eigenvalue weighted by molar-refractivity contribution is -0.135. The first-order valence-corrected chi connectivity index (χ1v) is 6.16. The molecule has 0 spiro atoms. The molecule has 0 aliphatic heterocycles. The number of anilines is 1. The van der Waals surface area contributed by atoms with E-state index in [2.05, 4.69) is 6.92 Å². The van der Waals surface area contributed by atoms with Crippen LogP contribution in [0.3, 0.4) is 0 Å². The minimum Gasteiger partial charge on any atom is -0.480 e. The molecule has 0 radical (unpaired) electrons. The lowest BCUT2D eigenvalue weighted by Crippen LogP contribution is -2.37. The Bertz CT molecular complexity index is 364. The molecule has 4 heteroatoms. The van der Waals surface area contributed by atoms with Gasteiger partial charge in [0, 0.05) is 16.8 Å². The molecule has 94 valence electrons. The summed E-state index contributed by atoms with van der Waals surface area (Å²) in [6.07, 6.45) is 2.00.